The van der Waals surface area contributed by atoms with Crippen molar-refractivity contribution in [2.24, 2.45) is 0 Å². The van der Waals surface area contributed by atoms with Crippen LogP contribution >= 0.6 is 0 Å². The maximum absolute atomic E-state index is 9.60. The van der Waals surface area contributed by atoms with Crippen LogP contribution < -0.4 is 5.32 Å². The lowest BCUT2D eigenvalue weighted by atomic mass is 9.92. The molecule has 4 heteroatoms. The average Bonchev–Trinajstić information content (AvgIpc) is 2.54. The SMILES string of the molecule is COC1CCCC(Nc2nc3ccccc3cc2CO)C1. The summed E-state index contributed by atoms with van der Waals surface area (Å²) < 4.78 is 5.48. The third-order valence-corrected chi connectivity index (χ3v) is 4.27. The van der Waals surface area contributed by atoms with Crippen LogP contribution in [0.2, 0.25) is 0 Å². The lowest BCUT2D eigenvalue weighted by molar-refractivity contribution is 0.0669. The van der Waals surface area contributed by atoms with Gasteiger partial charge in [-0.25, -0.2) is 4.98 Å². The molecule has 1 heterocycles. The fourth-order valence-corrected chi connectivity index (χ4v) is 3.09. The zero-order valence-electron chi connectivity index (χ0n) is 12.4. The maximum Gasteiger partial charge on any atom is 0.132 e. The Balaban J connectivity index is 1.85. The first kappa shape index (κ1) is 14.3. The standard InChI is InChI=1S/C17H22N2O2/c1-21-15-7-4-6-14(10-15)18-17-13(11-20)9-12-5-2-3-8-16(12)19-17/h2-3,5,8-9,14-15,20H,4,6-7,10-11H2,1H3,(H,18,19). The second-order valence-electron chi connectivity index (χ2n) is 5.71. The Morgan fingerprint density at radius 1 is 1.33 bits per heavy atom. The quantitative estimate of drug-likeness (QED) is 0.907. The number of aliphatic hydroxyl groups is 1. The van der Waals surface area contributed by atoms with E-state index < -0.39 is 0 Å². The molecule has 1 aromatic heterocycles. The van der Waals surface area contributed by atoms with Gasteiger partial charge in [-0.05, 0) is 37.8 Å². The van der Waals surface area contributed by atoms with Gasteiger partial charge in [-0.2, -0.15) is 0 Å². The first-order chi connectivity index (χ1) is 10.3. The molecule has 2 unspecified atom stereocenters. The van der Waals surface area contributed by atoms with E-state index in [0.717, 1.165) is 48.0 Å². The number of hydrogen-bond donors (Lipinski definition) is 2. The number of hydrogen-bond acceptors (Lipinski definition) is 4. The number of nitrogens with zero attached hydrogens (tertiary/aromatic N) is 1. The van der Waals surface area contributed by atoms with Gasteiger partial charge in [-0.1, -0.05) is 18.2 Å². The number of aromatic nitrogens is 1. The van der Waals surface area contributed by atoms with Crippen molar-refractivity contribution >= 4 is 16.7 Å². The summed E-state index contributed by atoms with van der Waals surface area (Å²) in [6.45, 7) is 0.000589. The zero-order valence-corrected chi connectivity index (χ0v) is 12.4. The summed E-state index contributed by atoms with van der Waals surface area (Å²) in [5.74, 6) is 0.804. The number of methoxy groups -OCH3 is 1. The molecule has 1 saturated carbocycles. The van der Waals surface area contributed by atoms with Crippen molar-refractivity contribution in [2.75, 3.05) is 12.4 Å². The minimum atomic E-state index is 0.000589. The predicted molar refractivity (Wildman–Crippen MR) is 84.3 cm³/mol. The molecule has 3 rings (SSSR count). The second-order valence-corrected chi connectivity index (χ2v) is 5.71. The number of ether oxygens (including phenoxy) is 1. The van der Waals surface area contributed by atoms with Crippen molar-refractivity contribution in [3.63, 3.8) is 0 Å². The predicted octanol–water partition coefficient (Wildman–Crippen LogP) is 3.10. The highest BCUT2D eigenvalue weighted by Gasteiger charge is 2.22. The Hall–Kier alpha value is -1.65. The summed E-state index contributed by atoms with van der Waals surface area (Å²) in [5.41, 5.74) is 1.81. The van der Waals surface area contributed by atoms with Gasteiger partial charge in [0.05, 0.1) is 18.2 Å². The average molecular weight is 286 g/mol. The minimum absolute atomic E-state index is 0.000589. The molecule has 0 bridgehead atoms. The van der Waals surface area contributed by atoms with Crippen LogP contribution in [0.25, 0.3) is 10.9 Å². The summed E-state index contributed by atoms with van der Waals surface area (Å²) in [6, 6.07) is 10.4. The van der Waals surface area contributed by atoms with E-state index in [0.29, 0.717) is 12.1 Å². The summed E-state index contributed by atoms with van der Waals surface area (Å²) in [7, 11) is 1.78. The molecular weight excluding hydrogens is 264 g/mol. The van der Waals surface area contributed by atoms with Gasteiger partial charge < -0.3 is 15.2 Å². The number of fused-ring (bicyclic) bond motifs is 1. The molecule has 0 saturated heterocycles. The zero-order chi connectivity index (χ0) is 14.7. The Morgan fingerprint density at radius 3 is 3.00 bits per heavy atom. The molecule has 2 N–H and O–H groups in total. The fourth-order valence-electron chi connectivity index (χ4n) is 3.09. The topological polar surface area (TPSA) is 54.4 Å². The Morgan fingerprint density at radius 2 is 2.19 bits per heavy atom. The van der Waals surface area contributed by atoms with E-state index in [1.54, 1.807) is 7.11 Å². The lowest BCUT2D eigenvalue weighted by Crippen LogP contribution is -2.31. The number of para-hydroxylation sites is 1. The van der Waals surface area contributed by atoms with Crippen molar-refractivity contribution in [1.82, 2.24) is 4.98 Å². The van der Waals surface area contributed by atoms with Crippen molar-refractivity contribution in [3.8, 4) is 0 Å². The van der Waals surface area contributed by atoms with Crippen molar-refractivity contribution < 1.29 is 9.84 Å². The fraction of sp³-hybridized carbons (Fsp3) is 0.471. The van der Waals surface area contributed by atoms with Crippen LogP contribution in [0.3, 0.4) is 0 Å². The van der Waals surface area contributed by atoms with Gasteiger partial charge in [0.25, 0.3) is 0 Å². The molecule has 0 amide bonds. The second kappa shape index (κ2) is 6.41. The van der Waals surface area contributed by atoms with Crippen molar-refractivity contribution in [2.45, 2.75) is 44.4 Å². The van der Waals surface area contributed by atoms with E-state index in [1.807, 2.05) is 30.3 Å². The molecule has 2 atom stereocenters. The van der Waals surface area contributed by atoms with Gasteiger partial charge >= 0.3 is 0 Å². The van der Waals surface area contributed by atoms with Gasteiger partial charge in [0, 0.05) is 24.1 Å². The largest absolute Gasteiger partial charge is 0.392 e. The van der Waals surface area contributed by atoms with Crippen LogP contribution in [0, 0.1) is 0 Å². The molecule has 1 aliphatic rings. The monoisotopic (exact) mass is 286 g/mol. The minimum Gasteiger partial charge on any atom is -0.392 e. The van der Waals surface area contributed by atoms with E-state index in [4.69, 9.17) is 4.74 Å². The van der Waals surface area contributed by atoms with Gasteiger partial charge in [-0.3, -0.25) is 0 Å². The van der Waals surface area contributed by atoms with Crippen LogP contribution in [0.1, 0.15) is 31.2 Å². The van der Waals surface area contributed by atoms with Crippen LogP contribution in [0.4, 0.5) is 5.82 Å². The van der Waals surface area contributed by atoms with E-state index in [1.165, 1.54) is 0 Å². The van der Waals surface area contributed by atoms with E-state index in [2.05, 4.69) is 10.3 Å². The lowest BCUT2D eigenvalue weighted by Gasteiger charge is -2.29. The van der Waals surface area contributed by atoms with Crippen LogP contribution in [0.5, 0.6) is 0 Å². The van der Waals surface area contributed by atoms with Crippen LogP contribution in [-0.2, 0) is 11.3 Å². The van der Waals surface area contributed by atoms with Crippen LogP contribution in [0.15, 0.2) is 30.3 Å². The molecule has 4 nitrogen and oxygen atoms in total. The molecule has 1 aliphatic carbocycles. The van der Waals surface area contributed by atoms with E-state index in [9.17, 15) is 5.11 Å². The third kappa shape index (κ3) is 3.17. The summed E-state index contributed by atoms with van der Waals surface area (Å²) in [6.07, 6.45) is 4.74. The maximum atomic E-state index is 9.60. The molecule has 1 fully saturated rings. The molecule has 2 aromatic rings. The van der Waals surface area contributed by atoms with Crippen molar-refractivity contribution in [1.29, 1.82) is 0 Å². The van der Waals surface area contributed by atoms with E-state index >= 15 is 0 Å². The Kier molecular flexibility index (Phi) is 4.36. The highest BCUT2D eigenvalue weighted by Crippen LogP contribution is 2.26. The highest BCUT2D eigenvalue weighted by atomic mass is 16.5. The normalized spacial score (nSPS) is 22.4. The summed E-state index contributed by atoms with van der Waals surface area (Å²) >= 11 is 0. The van der Waals surface area contributed by atoms with Gasteiger partial charge in [-0.15, -0.1) is 0 Å². The summed E-state index contributed by atoms with van der Waals surface area (Å²) in [4.78, 5) is 4.68. The molecule has 0 spiro atoms. The molecular formula is C17H22N2O2. The van der Waals surface area contributed by atoms with Crippen molar-refractivity contribution in [3.05, 3.63) is 35.9 Å². The number of rotatable bonds is 4. The number of nitrogens with one attached hydrogen (secondary N) is 1. The molecule has 0 aliphatic heterocycles. The number of anilines is 1. The number of benzene rings is 1. The molecule has 0 radical (unpaired) electrons. The summed E-state index contributed by atoms with van der Waals surface area (Å²) in [5, 5.41) is 14.2. The smallest absolute Gasteiger partial charge is 0.132 e. The first-order valence-corrected chi connectivity index (χ1v) is 7.59. The van der Waals surface area contributed by atoms with Gasteiger partial charge in [0.1, 0.15) is 5.82 Å². The Labute approximate surface area is 125 Å². The van der Waals surface area contributed by atoms with Gasteiger partial charge in [0.2, 0.25) is 0 Å². The number of pyridine rings is 1. The highest BCUT2D eigenvalue weighted by molar-refractivity contribution is 5.81. The van der Waals surface area contributed by atoms with Crippen LogP contribution in [-0.4, -0.2) is 29.3 Å². The number of aliphatic hydroxyl groups excluding tert-OH is 1. The molecule has 1 aromatic carbocycles. The first-order valence-electron chi connectivity index (χ1n) is 7.59. The third-order valence-electron chi connectivity index (χ3n) is 4.27. The Bertz CT molecular complexity index is 615. The molecule has 112 valence electrons. The molecule has 21 heavy (non-hydrogen) atoms. The van der Waals surface area contributed by atoms with E-state index in [-0.39, 0.29) is 6.61 Å². The van der Waals surface area contributed by atoms with Gasteiger partial charge in [0.15, 0.2) is 0 Å².